The van der Waals surface area contributed by atoms with Crippen molar-refractivity contribution in [2.24, 2.45) is 0 Å². The lowest BCUT2D eigenvalue weighted by molar-refractivity contribution is 0.0524. The molecule has 0 amide bonds. The van der Waals surface area contributed by atoms with Gasteiger partial charge in [-0.3, -0.25) is 9.20 Å². The molecule has 6 heteroatoms. The molecule has 3 heterocycles. The highest BCUT2D eigenvalue weighted by atomic mass is 79.9. The van der Waals surface area contributed by atoms with Gasteiger partial charge >= 0.3 is 5.97 Å². The van der Waals surface area contributed by atoms with Crippen molar-refractivity contribution in [2.75, 3.05) is 6.61 Å². The van der Waals surface area contributed by atoms with Crippen LogP contribution < -0.4 is 5.56 Å². The SMILES string of the molecule is CCOC(=O)c1cc(C2CC2)c2c(C)c(-c3ccc(CBr)o3)ccn2c1=O. The van der Waals surface area contributed by atoms with Crippen LogP contribution in [0.25, 0.3) is 16.8 Å². The molecular weight excluding hydrogens is 410 g/mol. The van der Waals surface area contributed by atoms with Crippen molar-refractivity contribution < 1.29 is 13.9 Å². The Labute approximate surface area is 165 Å². The molecule has 0 atom stereocenters. The minimum Gasteiger partial charge on any atom is -0.462 e. The maximum Gasteiger partial charge on any atom is 0.343 e. The molecule has 0 saturated heterocycles. The predicted molar refractivity (Wildman–Crippen MR) is 107 cm³/mol. The third kappa shape index (κ3) is 3.12. The largest absolute Gasteiger partial charge is 0.462 e. The third-order valence-electron chi connectivity index (χ3n) is 4.98. The summed E-state index contributed by atoms with van der Waals surface area (Å²) in [6, 6.07) is 7.48. The van der Waals surface area contributed by atoms with Crippen molar-refractivity contribution in [3.05, 3.63) is 63.3 Å². The van der Waals surface area contributed by atoms with E-state index < -0.39 is 5.97 Å². The quantitative estimate of drug-likeness (QED) is 0.430. The maximum absolute atomic E-state index is 12.9. The summed E-state index contributed by atoms with van der Waals surface area (Å²) in [7, 11) is 0. The molecule has 3 aromatic heterocycles. The van der Waals surface area contributed by atoms with E-state index in [1.54, 1.807) is 23.6 Å². The van der Waals surface area contributed by atoms with Gasteiger partial charge in [-0.2, -0.15) is 0 Å². The number of aromatic nitrogens is 1. The summed E-state index contributed by atoms with van der Waals surface area (Å²) in [5.74, 6) is 1.43. The second-order valence-electron chi connectivity index (χ2n) is 6.79. The van der Waals surface area contributed by atoms with Crippen molar-refractivity contribution in [3.63, 3.8) is 0 Å². The van der Waals surface area contributed by atoms with E-state index in [1.165, 1.54) is 0 Å². The van der Waals surface area contributed by atoms with Gasteiger partial charge in [0, 0.05) is 11.8 Å². The van der Waals surface area contributed by atoms with E-state index in [0.717, 1.165) is 46.6 Å². The Balaban J connectivity index is 1.96. The van der Waals surface area contributed by atoms with Gasteiger partial charge in [0.2, 0.25) is 0 Å². The number of esters is 1. The van der Waals surface area contributed by atoms with E-state index in [1.807, 2.05) is 25.1 Å². The van der Waals surface area contributed by atoms with Crippen LogP contribution in [0.4, 0.5) is 0 Å². The fourth-order valence-electron chi connectivity index (χ4n) is 3.52. The Morgan fingerprint density at radius 1 is 1.33 bits per heavy atom. The molecular formula is C21H20BrNO4. The zero-order chi connectivity index (χ0) is 19.1. The van der Waals surface area contributed by atoms with Crippen LogP contribution in [-0.2, 0) is 10.1 Å². The van der Waals surface area contributed by atoms with Crippen LogP contribution in [0, 0.1) is 6.92 Å². The lowest BCUT2D eigenvalue weighted by Crippen LogP contribution is -2.25. The van der Waals surface area contributed by atoms with E-state index in [9.17, 15) is 9.59 Å². The summed E-state index contributed by atoms with van der Waals surface area (Å²) >= 11 is 3.40. The zero-order valence-electron chi connectivity index (χ0n) is 15.3. The third-order valence-corrected chi connectivity index (χ3v) is 5.54. The number of hydrogen-bond acceptors (Lipinski definition) is 4. The van der Waals surface area contributed by atoms with Crippen LogP contribution in [0.2, 0.25) is 0 Å². The van der Waals surface area contributed by atoms with E-state index in [0.29, 0.717) is 11.2 Å². The molecule has 0 aliphatic heterocycles. The molecule has 0 radical (unpaired) electrons. The van der Waals surface area contributed by atoms with Crippen molar-refractivity contribution in [1.29, 1.82) is 0 Å². The van der Waals surface area contributed by atoms with E-state index in [2.05, 4.69) is 15.9 Å². The van der Waals surface area contributed by atoms with Gasteiger partial charge in [-0.05, 0) is 68.0 Å². The monoisotopic (exact) mass is 429 g/mol. The summed E-state index contributed by atoms with van der Waals surface area (Å²) < 4.78 is 12.5. The number of halogens is 1. The Bertz CT molecular complexity index is 1090. The van der Waals surface area contributed by atoms with Crippen LogP contribution in [0.1, 0.15) is 52.9 Å². The molecule has 5 nitrogen and oxygen atoms in total. The summed E-state index contributed by atoms with van der Waals surface area (Å²) in [5.41, 5.74) is 3.58. The first-order valence-electron chi connectivity index (χ1n) is 9.06. The fourth-order valence-corrected chi connectivity index (χ4v) is 3.82. The summed E-state index contributed by atoms with van der Waals surface area (Å²) in [6.45, 7) is 3.97. The average molecular weight is 430 g/mol. The molecule has 0 aromatic carbocycles. The zero-order valence-corrected chi connectivity index (χ0v) is 16.8. The van der Waals surface area contributed by atoms with Gasteiger partial charge in [-0.25, -0.2) is 4.79 Å². The first-order chi connectivity index (χ1) is 13.0. The van der Waals surface area contributed by atoms with Crippen molar-refractivity contribution >= 4 is 27.4 Å². The number of carbonyl (C=O) groups excluding carboxylic acids is 1. The number of ether oxygens (including phenoxy) is 1. The molecule has 3 aromatic rings. The number of rotatable bonds is 5. The van der Waals surface area contributed by atoms with Gasteiger partial charge < -0.3 is 9.15 Å². The van der Waals surface area contributed by atoms with E-state index in [4.69, 9.17) is 9.15 Å². The smallest absolute Gasteiger partial charge is 0.343 e. The highest BCUT2D eigenvalue weighted by molar-refractivity contribution is 9.08. The molecule has 0 unspecified atom stereocenters. The van der Waals surface area contributed by atoms with Gasteiger partial charge in [0.05, 0.1) is 17.5 Å². The first-order valence-corrected chi connectivity index (χ1v) is 10.2. The number of nitrogens with zero attached hydrogens (tertiary/aromatic N) is 1. The minimum absolute atomic E-state index is 0.1000. The Morgan fingerprint density at radius 2 is 2.11 bits per heavy atom. The van der Waals surface area contributed by atoms with Crippen LogP contribution >= 0.6 is 15.9 Å². The second kappa shape index (κ2) is 7.00. The molecule has 0 spiro atoms. The van der Waals surface area contributed by atoms with Crippen molar-refractivity contribution in [2.45, 2.75) is 37.9 Å². The average Bonchev–Trinajstić information content (AvgIpc) is 3.39. The van der Waals surface area contributed by atoms with Crippen LogP contribution in [-0.4, -0.2) is 17.0 Å². The lowest BCUT2D eigenvalue weighted by atomic mass is 9.99. The summed E-state index contributed by atoms with van der Waals surface area (Å²) in [4.78, 5) is 25.2. The molecule has 140 valence electrons. The topological polar surface area (TPSA) is 60.9 Å². The highest BCUT2D eigenvalue weighted by Crippen LogP contribution is 2.43. The Morgan fingerprint density at radius 3 is 2.74 bits per heavy atom. The van der Waals surface area contributed by atoms with Crippen molar-refractivity contribution in [1.82, 2.24) is 4.40 Å². The molecule has 27 heavy (non-hydrogen) atoms. The Kier molecular flexibility index (Phi) is 4.68. The van der Waals surface area contributed by atoms with Gasteiger partial charge in [0.25, 0.3) is 5.56 Å². The molecule has 1 saturated carbocycles. The number of fused-ring (bicyclic) bond motifs is 1. The van der Waals surface area contributed by atoms with Gasteiger partial charge in [0.15, 0.2) is 0 Å². The van der Waals surface area contributed by atoms with Crippen LogP contribution in [0.3, 0.4) is 0 Å². The lowest BCUT2D eigenvalue weighted by Gasteiger charge is -2.15. The predicted octanol–water partition coefficient (Wildman–Crippen LogP) is 4.82. The molecule has 1 aliphatic carbocycles. The normalized spacial score (nSPS) is 13.9. The molecule has 4 rings (SSSR count). The maximum atomic E-state index is 12.9. The van der Waals surface area contributed by atoms with Crippen molar-refractivity contribution in [3.8, 4) is 11.3 Å². The van der Waals surface area contributed by atoms with E-state index >= 15 is 0 Å². The minimum atomic E-state index is -0.562. The summed E-state index contributed by atoms with van der Waals surface area (Å²) in [6.07, 6.45) is 3.85. The number of aryl methyl sites for hydroxylation is 1. The molecule has 1 aliphatic rings. The number of carbonyl (C=O) groups is 1. The first kappa shape index (κ1) is 18.0. The fraction of sp³-hybridized carbons (Fsp3) is 0.333. The second-order valence-corrected chi connectivity index (χ2v) is 7.35. The molecule has 1 fully saturated rings. The Hall–Kier alpha value is -2.34. The van der Waals surface area contributed by atoms with Gasteiger partial charge in [-0.15, -0.1) is 0 Å². The van der Waals surface area contributed by atoms with Crippen LogP contribution in [0.15, 0.2) is 39.7 Å². The van der Waals surface area contributed by atoms with Crippen LogP contribution in [0.5, 0.6) is 0 Å². The van der Waals surface area contributed by atoms with E-state index in [-0.39, 0.29) is 17.7 Å². The number of furan rings is 1. The highest BCUT2D eigenvalue weighted by Gasteiger charge is 2.30. The number of hydrogen-bond donors (Lipinski definition) is 0. The summed E-state index contributed by atoms with van der Waals surface area (Å²) in [5, 5.41) is 0.648. The molecule has 0 bridgehead atoms. The van der Waals surface area contributed by atoms with Gasteiger partial charge in [0.1, 0.15) is 17.1 Å². The van der Waals surface area contributed by atoms with Gasteiger partial charge in [-0.1, -0.05) is 15.9 Å². The molecule has 0 N–H and O–H groups in total. The number of alkyl halides is 1. The number of pyridine rings is 2. The standard InChI is InChI=1S/C21H20BrNO4/c1-3-26-21(25)17-10-16(13-4-5-13)19-12(2)15(8-9-23(19)20(17)24)18-7-6-14(11-22)27-18/h6-10,13H,3-5,11H2,1-2H3.